The molecule has 2 amide bonds. The normalized spacial score (nSPS) is 12.5. The average molecular weight is 173 g/mol. The van der Waals surface area contributed by atoms with Gasteiger partial charge in [0.25, 0.3) is 0 Å². The zero-order chi connectivity index (χ0) is 9.26. The van der Waals surface area contributed by atoms with Gasteiger partial charge in [-0.05, 0) is 17.7 Å². The van der Waals surface area contributed by atoms with Crippen molar-refractivity contribution in [1.29, 1.82) is 0 Å². The van der Waals surface area contributed by atoms with Crippen molar-refractivity contribution in [1.82, 2.24) is 0 Å². The number of carbonyl (C=O) groups is 1. The molecule has 0 aromatic heterocycles. The Labute approximate surface area is 71.9 Å². The van der Waals surface area contributed by atoms with E-state index in [0.29, 0.717) is 16.4 Å². The maximum atomic E-state index is 10.7. The average Bonchev–Trinajstić information content (AvgIpc) is 2.44. The molecule has 0 saturated carbocycles. The Morgan fingerprint density at radius 3 is 2.85 bits per heavy atom. The van der Waals surface area contributed by atoms with E-state index in [4.69, 9.17) is 5.53 Å². The van der Waals surface area contributed by atoms with Crippen LogP contribution in [0.1, 0.15) is 0 Å². The quantitative estimate of drug-likeness (QED) is 0.353. The molecule has 1 aliphatic rings. The van der Waals surface area contributed by atoms with Crippen molar-refractivity contribution in [2.75, 3.05) is 0 Å². The first-order valence-electron chi connectivity index (χ1n) is 3.46. The Kier molecular flexibility index (Phi) is 1.54. The number of azide groups is 1. The van der Waals surface area contributed by atoms with Crippen LogP contribution in [0, 0.1) is 0 Å². The van der Waals surface area contributed by atoms with Gasteiger partial charge in [0.15, 0.2) is 0 Å². The number of fused-ring (bicyclic) bond motifs is 1. The fraction of sp³-hybridized carbons (Fsp3) is 0. The zero-order valence-corrected chi connectivity index (χ0v) is 6.38. The summed E-state index contributed by atoms with van der Waals surface area (Å²) < 4.78 is 0. The number of benzene rings is 1. The minimum atomic E-state index is -0.520. The van der Waals surface area contributed by atoms with Crippen LogP contribution in [-0.2, 0) is 0 Å². The first kappa shape index (κ1) is 7.45. The van der Waals surface area contributed by atoms with Gasteiger partial charge < -0.3 is 0 Å². The summed E-state index contributed by atoms with van der Waals surface area (Å²) in [5.74, 6) is 0. The summed E-state index contributed by atoms with van der Waals surface area (Å²) in [5, 5.41) is 4.35. The second-order valence-electron chi connectivity index (χ2n) is 2.37. The lowest BCUT2D eigenvalue weighted by molar-refractivity contribution is 0.256. The molecule has 1 aromatic carbocycles. The van der Waals surface area contributed by atoms with Crippen molar-refractivity contribution >= 4 is 11.7 Å². The third-order valence-electron chi connectivity index (χ3n) is 1.55. The van der Waals surface area contributed by atoms with Crippen LogP contribution in [0.2, 0.25) is 0 Å². The molecule has 0 N–H and O–H groups in total. The van der Waals surface area contributed by atoms with Gasteiger partial charge in [0.2, 0.25) is 0 Å². The zero-order valence-electron chi connectivity index (χ0n) is 6.38. The van der Waals surface area contributed by atoms with Crippen molar-refractivity contribution in [3.63, 3.8) is 0 Å². The molecule has 0 bridgehead atoms. The fourth-order valence-corrected chi connectivity index (χ4v) is 1.04. The third-order valence-corrected chi connectivity index (χ3v) is 1.55. The number of rotatable bonds is 1. The summed E-state index contributed by atoms with van der Waals surface area (Å²) in [6.45, 7) is 0. The minimum absolute atomic E-state index is 0.426. The first-order valence-corrected chi connectivity index (χ1v) is 3.46. The second-order valence-corrected chi connectivity index (χ2v) is 2.37. The van der Waals surface area contributed by atoms with Crippen LogP contribution in [-0.4, -0.2) is 6.03 Å². The van der Waals surface area contributed by atoms with E-state index in [1.165, 1.54) is 6.07 Å². The summed E-state index contributed by atoms with van der Waals surface area (Å²) in [7, 11) is 0. The van der Waals surface area contributed by atoms with E-state index in [1.54, 1.807) is 12.1 Å². The van der Waals surface area contributed by atoms with Crippen molar-refractivity contribution in [3.05, 3.63) is 39.4 Å². The van der Waals surface area contributed by atoms with Gasteiger partial charge in [-0.1, -0.05) is 11.2 Å². The smallest absolute Gasteiger partial charge is 0.244 e. The molecule has 1 aliphatic heterocycles. The maximum Gasteiger partial charge on any atom is 0.368 e. The lowest BCUT2D eigenvalue weighted by Gasteiger charge is -1.85. The molecule has 0 radical (unpaired) electrons. The van der Waals surface area contributed by atoms with Crippen LogP contribution < -0.4 is 10.7 Å². The molecule has 0 atom stereocenters. The van der Waals surface area contributed by atoms with Crippen LogP contribution in [0.15, 0.2) is 33.3 Å². The van der Waals surface area contributed by atoms with E-state index in [9.17, 15) is 4.79 Å². The first-order chi connectivity index (χ1) is 6.29. The Hall–Kier alpha value is -2.20. The second kappa shape index (κ2) is 2.69. The van der Waals surface area contributed by atoms with Crippen molar-refractivity contribution in [3.8, 4) is 0 Å². The number of urea groups is 1. The monoisotopic (exact) mass is 173 g/mol. The molecule has 1 aromatic rings. The highest BCUT2D eigenvalue weighted by Gasteiger charge is 2.03. The molecule has 6 heteroatoms. The number of hydrogen-bond acceptors (Lipinski definition) is 2. The molecule has 62 valence electrons. The molecule has 0 saturated heterocycles. The van der Waals surface area contributed by atoms with E-state index in [1.807, 2.05) is 0 Å². The topological polar surface area (TPSA) is 90.5 Å². The van der Waals surface area contributed by atoms with Gasteiger partial charge in [-0.25, -0.2) is 4.79 Å². The number of carbonyl (C=O) groups excluding carboxylic acids is 1. The lowest BCUT2D eigenvalue weighted by atomic mass is 10.3. The predicted molar refractivity (Wildman–Crippen MR) is 43.0 cm³/mol. The van der Waals surface area contributed by atoms with E-state index in [-0.39, 0.29) is 0 Å². The van der Waals surface area contributed by atoms with Crippen molar-refractivity contribution < 1.29 is 4.79 Å². The van der Waals surface area contributed by atoms with Crippen LogP contribution in [0.4, 0.5) is 10.5 Å². The highest BCUT2D eigenvalue weighted by molar-refractivity contribution is 5.77. The number of nitrogens with zero attached hydrogens (tertiary/aromatic N) is 5. The summed E-state index contributed by atoms with van der Waals surface area (Å²) in [6.07, 6.45) is 0. The molecule has 1 heterocycles. The Morgan fingerprint density at radius 2 is 2.08 bits per heavy atom. The molecule has 6 nitrogen and oxygen atoms in total. The van der Waals surface area contributed by atoms with Gasteiger partial charge in [-0.2, -0.15) is 9.98 Å². The highest BCUT2D eigenvalue weighted by Crippen LogP contribution is 2.05. The SMILES string of the molecule is [N-]=[N+]=Nc1ccc2c(c1)=NC(=O)N=2. The van der Waals surface area contributed by atoms with E-state index in [2.05, 4.69) is 20.0 Å². The molecule has 0 fully saturated rings. The Morgan fingerprint density at radius 1 is 1.31 bits per heavy atom. The summed E-state index contributed by atoms with van der Waals surface area (Å²) in [4.78, 5) is 20.6. The van der Waals surface area contributed by atoms with Gasteiger partial charge in [0.05, 0.1) is 10.7 Å². The maximum absolute atomic E-state index is 10.7. The van der Waals surface area contributed by atoms with E-state index >= 15 is 0 Å². The van der Waals surface area contributed by atoms with Crippen LogP contribution in [0.5, 0.6) is 0 Å². The van der Waals surface area contributed by atoms with Gasteiger partial charge in [-0.3, -0.25) is 0 Å². The van der Waals surface area contributed by atoms with Crippen molar-refractivity contribution in [2.45, 2.75) is 0 Å². The third kappa shape index (κ3) is 1.25. The van der Waals surface area contributed by atoms with Gasteiger partial charge >= 0.3 is 6.03 Å². The predicted octanol–water partition coefficient (Wildman–Crippen LogP) is 1.00. The largest absolute Gasteiger partial charge is 0.368 e. The Bertz CT molecular complexity index is 540. The van der Waals surface area contributed by atoms with Gasteiger partial charge in [-0.15, -0.1) is 0 Å². The summed E-state index contributed by atoms with van der Waals surface area (Å²) in [6, 6.07) is 4.17. The molecule has 0 spiro atoms. The van der Waals surface area contributed by atoms with Crippen LogP contribution in [0.25, 0.3) is 10.4 Å². The Balaban J connectivity index is 2.72. The van der Waals surface area contributed by atoms with E-state index in [0.717, 1.165) is 0 Å². The molecule has 13 heavy (non-hydrogen) atoms. The summed E-state index contributed by atoms with van der Waals surface area (Å²) >= 11 is 0. The van der Waals surface area contributed by atoms with E-state index < -0.39 is 6.03 Å². The minimum Gasteiger partial charge on any atom is -0.244 e. The highest BCUT2D eigenvalue weighted by atomic mass is 16.2. The standard InChI is InChI=1S/C7H3N5O/c8-12-11-4-1-2-5-6(3-4)10-7(13)9-5/h1-3H. The van der Waals surface area contributed by atoms with Gasteiger partial charge in [0, 0.05) is 10.6 Å². The van der Waals surface area contributed by atoms with Crippen LogP contribution >= 0.6 is 0 Å². The van der Waals surface area contributed by atoms with Gasteiger partial charge in [0.1, 0.15) is 0 Å². The molecular weight excluding hydrogens is 170 g/mol. The number of hydrogen-bond donors (Lipinski definition) is 0. The van der Waals surface area contributed by atoms with Crippen LogP contribution in [0.3, 0.4) is 0 Å². The lowest BCUT2D eigenvalue weighted by Crippen LogP contribution is -2.20. The molecule has 0 unspecified atom stereocenters. The molecule has 2 rings (SSSR count). The number of amides is 2. The fourth-order valence-electron chi connectivity index (χ4n) is 1.04. The molecule has 0 aliphatic carbocycles. The van der Waals surface area contributed by atoms with Crippen molar-refractivity contribution in [2.24, 2.45) is 15.1 Å². The molecular formula is C7H3N5O. The summed E-state index contributed by atoms with van der Waals surface area (Å²) in [5.41, 5.74) is 8.58.